The first kappa shape index (κ1) is 14.8. The van der Waals surface area contributed by atoms with Gasteiger partial charge in [0.15, 0.2) is 0 Å². The number of amides is 1. The Balaban J connectivity index is 0.00000162. The maximum absolute atomic E-state index is 11.1. The number of carbonyl (C=O) groups is 1. The van der Waals surface area contributed by atoms with Gasteiger partial charge in [-0.3, -0.25) is 4.79 Å². The Morgan fingerprint density at radius 3 is 2.33 bits per heavy atom. The predicted octanol–water partition coefficient (Wildman–Crippen LogP) is 1.53. The molecule has 0 saturated carbocycles. The summed E-state index contributed by atoms with van der Waals surface area (Å²) >= 11 is 0. The summed E-state index contributed by atoms with van der Waals surface area (Å²) in [7, 11) is 0. The third-order valence-corrected chi connectivity index (χ3v) is 3.20. The van der Waals surface area contributed by atoms with Crippen LogP contribution in [0.3, 0.4) is 0 Å². The van der Waals surface area contributed by atoms with Crippen LogP contribution in [0.2, 0.25) is 0 Å². The van der Waals surface area contributed by atoms with Crippen LogP contribution in [0.5, 0.6) is 0 Å². The molecule has 1 saturated heterocycles. The second-order valence-corrected chi connectivity index (χ2v) is 4.32. The lowest BCUT2D eigenvalue weighted by molar-refractivity contribution is -0.119. The molecular formula is C13H19ClN2O2. The van der Waals surface area contributed by atoms with Crippen LogP contribution >= 0.6 is 12.4 Å². The van der Waals surface area contributed by atoms with Crippen LogP contribution in [-0.4, -0.2) is 32.2 Å². The van der Waals surface area contributed by atoms with Crippen molar-refractivity contribution in [1.29, 1.82) is 0 Å². The van der Waals surface area contributed by atoms with Gasteiger partial charge in [0, 0.05) is 18.8 Å². The molecule has 0 bridgehead atoms. The average molecular weight is 271 g/mol. The average Bonchev–Trinajstić information content (AvgIpc) is 2.39. The van der Waals surface area contributed by atoms with Crippen molar-refractivity contribution >= 4 is 24.0 Å². The van der Waals surface area contributed by atoms with E-state index in [1.165, 1.54) is 5.69 Å². The van der Waals surface area contributed by atoms with E-state index in [9.17, 15) is 4.79 Å². The van der Waals surface area contributed by atoms with Crippen molar-refractivity contribution in [2.75, 3.05) is 31.2 Å². The normalized spacial score (nSPS) is 16.8. The number of halogens is 1. The predicted molar refractivity (Wildman–Crippen MR) is 74.3 cm³/mol. The standard InChI is InChI=1S/C13H18N2O2.ClH/c1-10(13(14)16)11-2-4-12(5-3-11)15-6-8-17-9-7-15;/h2-5,10H,6-9H2,1H3,(H2,14,16);1H. The number of ether oxygens (including phenoxy) is 1. The number of hydrogen-bond donors (Lipinski definition) is 1. The van der Waals surface area contributed by atoms with Gasteiger partial charge in [-0.25, -0.2) is 0 Å². The highest BCUT2D eigenvalue weighted by Crippen LogP contribution is 2.20. The van der Waals surface area contributed by atoms with E-state index in [0.29, 0.717) is 0 Å². The smallest absolute Gasteiger partial charge is 0.224 e. The van der Waals surface area contributed by atoms with Crippen LogP contribution in [-0.2, 0) is 9.53 Å². The Bertz CT molecular complexity index is 388. The molecule has 1 aliphatic heterocycles. The van der Waals surface area contributed by atoms with Crippen molar-refractivity contribution in [3.63, 3.8) is 0 Å². The highest BCUT2D eigenvalue weighted by molar-refractivity contribution is 5.85. The van der Waals surface area contributed by atoms with Crippen molar-refractivity contribution in [2.24, 2.45) is 5.73 Å². The van der Waals surface area contributed by atoms with E-state index in [1.54, 1.807) is 0 Å². The lowest BCUT2D eigenvalue weighted by atomic mass is 10.0. The number of carbonyl (C=O) groups excluding carboxylic acids is 1. The van der Waals surface area contributed by atoms with E-state index in [4.69, 9.17) is 10.5 Å². The Hall–Kier alpha value is -1.26. The van der Waals surface area contributed by atoms with E-state index in [1.807, 2.05) is 31.2 Å². The third-order valence-electron chi connectivity index (χ3n) is 3.20. The Labute approximate surface area is 114 Å². The molecular weight excluding hydrogens is 252 g/mol. The quantitative estimate of drug-likeness (QED) is 0.906. The summed E-state index contributed by atoms with van der Waals surface area (Å²) in [4.78, 5) is 13.4. The molecule has 0 radical (unpaired) electrons. The molecule has 0 spiro atoms. The van der Waals surface area contributed by atoms with E-state index >= 15 is 0 Å². The summed E-state index contributed by atoms with van der Waals surface area (Å²) < 4.78 is 5.31. The molecule has 0 aromatic heterocycles. The minimum Gasteiger partial charge on any atom is -0.378 e. The fourth-order valence-electron chi connectivity index (χ4n) is 1.96. The second kappa shape index (κ2) is 6.61. The molecule has 1 atom stereocenters. The largest absolute Gasteiger partial charge is 0.378 e. The molecule has 1 heterocycles. The fourth-order valence-corrected chi connectivity index (χ4v) is 1.96. The molecule has 100 valence electrons. The van der Waals surface area contributed by atoms with Gasteiger partial charge in [-0.15, -0.1) is 12.4 Å². The van der Waals surface area contributed by atoms with Crippen molar-refractivity contribution in [2.45, 2.75) is 12.8 Å². The molecule has 0 aliphatic carbocycles. The number of nitrogens with two attached hydrogens (primary N) is 1. The summed E-state index contributed by atoms with van der Waals surface area (Å²) in [6, 6.07) is 8.03. The first-order valence-electron chi connectivity index (χ1n) is 5.90. The molecule has 1 aromatic carbocycles. The van der Waals surface area contributed by atoms with Crippen LogP contribution in [0.15, 0.2) is 24.3 Å². The zero-order valence-electron chi connectivity index (χ0n) is 10.5. The molecule has 18 heavy (non-hydrogen) atoms. The zero-order chi connectivity index (χ0) is 12.3. The number of rotatable bonds is 3. The lowest BCUT2D eigenvalue weighted by Crippen LogP contribution is -2.36. The summed E-state index contributed by atoms with van der Waals surface area (Å²) in [5.74, 6) is -0.516. The molecule has 1 amide bonds. The molecule has 5 heteroatoms. The van der Waals surface area contributed by atoms with Gasteiger partial charge in [0.25, 0.3) is 0 Å². The zero-order valence-corrected chi connectivity index (χ0v) is 11.3. The molecule has 2 N–H and O–H groups in total. The number of nitrogens with zero attached hydrogens (tertiary/aromatic N) is 1. The highest BCUT2D eigenvalue weighted by Gasteiger charge is 2.14. The van der Waals surface area contributed by atoms with Gasteiger partial charge in [-0.05, 0) is 24.6 Å². The van der Waals surface area contributed by atoms with Crippen molar-refractivity contribution in [3.8, 4) is 0 Å². The molecule has 1 unspecified atom stereocenters. The van der Waals surface area contributed by atoms with Gasteiger partial charge in [0.05, 0.1) is 19.1 Å². The van der Waals surface area contributed by atoms with Crippen LogP contribution in [0.1, 0.15) is 18.4 Å². The van der Waals surface area contributed by atoms with Crippen molar-refractivity contribution in [3.05, 3.63) is 29.8 Å². The molecule has 1 aliphatic rings. The summed E-state index contributed by atoms with van der Waals surface area (Å²) in [5, 5.41) is 0. The van der Waals surface area contributed by atoms with Crippen molar-refractivity contribution < 1.29 is 9.53 Å². The highest BCUT2D eigenvalue weighted by atomic mass is 35.5. The van der Waals surface area contributed by atoms with E-state index < -0.39 is 0 Å². The second-order valence-electron chi connectivity index (χ2n) is 4.32. The Morgan fingerprint density at radius 2 is 1.83 bits per heavy atom. The van der Waals surface area contributed by atoms with Gasteiger partial charge >= 0.3 is 0 Å². The Kier molecular flexibility index (Phi) is 5.44. The SMILES string of the molecule is CC(C(N)=O)c1ccc(N2CCOCC2)cc1.Cl. The first-order valence-corrected chi connectivity index (χ1v) is 5.90. The van der Waals surface area contributed by atoms with Crippen LogP contribution < -0.4 is 10.6 Å². The van der Waals surface area contributed by atoms with Gasteiger partial charge in [0.2, 0.25) is 5.91 Å². The minimum atomic E-state index is -0.288. The lowest BCUT2D eigenvalue weighted by Gasteiger charge is -2.29. The van der Waals surface area contributed by atoms with Gasteiger partial charge in [-0.1, -0.05) is 12.1 Å². The topological polar surface area (TPSA) is 55.6 Å². The number of morpholine rings is 1. The maximum atomic E-state index is 11.1. The first-order chi connectivity index (χ1) is 8.18. The number of benzene rings is 1. The van der Waals surface area contributed by atoms with Gasteiger partial charge in [0.1, 0.15) is 0 Å². The maximum Gasteiger partial charge on any atom is 0.224 e. The van der Waals surface area contributed by atoms with E-state index in [2.05, 4.69) is 4.90 Å². The molecule has 2 rings (SSSR count). The molecule has 1 fully saturated rings. The number of anilines is 1. The number of hydrogen-bond acceptors (Lipinski definition) is 3. The minimum absolute atomic E-state index is 0. The summed E-state index contributed by atoms with van der Waals surface area (Å²) in [5.41, 5.74) is 7.42. The molecule has 1 aromatic rings. The summed E-state index contributed by atoms with van der Waals surface area (Å²) in [6.07, 6.45) is 0. The van der Waals surface area contributed by atoms with Gasteiger partial charge < -0.3 is 15.4 Å². The summed E-state index contributed by atoms with van der Waals surface area (Å²) in [6.45, 7) is 5.22. The van der Waals surface area contributed by atoms with Crippen LogP contribution in [0.25, 0.3) is 0 Å². The fraction of sp³-hybridized carbons (Fsp3) is 0.462. The van der Waals surface area contributed by atoms with Crippen LogP contribution in [0.4, 0.5) is 5.69 Å². The van der Waals surface area contributed by atoms with Crippen LogP contribution in [0, 0.1) is 0 Å². The monoisotopic (exact) mass is 270 g/mol. The van der Waals surface area contributed by atoms with Gasteiger partial charge in [-0.2, -0.15) is 0 Å². The third kappa shape index (κ3) is 3.37. The van der Waals surface area contributed by atoms with Crippen molar-refractivity contribution in [1.82, 2.24) is 0 Å². The molecule has 4 nitrogen and oxygen atoms in total. The Morgan fingerprint density at radius 1 is 1.28 bits per heavy atom. The van der Waals surface area contributed by atoms with E-state index in [0.717, 1.165) is 31.9 Å². The number of primary amides is 1. The van der Waals surface area contributed by atoms with E-state index in [-0.39, 0.29) is 24.2 Å².